The summed E-state index contributed by atoms with van der Waals surface area (Å²) in [5.74, 6) is 0. The highest BCUT2D eigenvalue weighted by atomic mass is 127. The number of nitrogens with zero attached hydrogens (tertiary/aromatic N) is 2. The minimum absolute atomic E-state index is 0. The third-order valence-corrected chi connectivity index (χ3v) is 2.13. The lowest BCUT2D eigenvalue weighted by molar-refractivity contribution is -0.676. The first-order chi connectivity index (χ1) is 5.29. The molecular weight excluding hydrogens is 263 g/mol. The van der Waals surface area contributed by atoms with E-state index in [-0.39, 0.29) is 24.0 Å². The Balaban J connectivity index is 0.000000720. The molecule has 0 radical (unpaired) electrons. The zero-order valence-corrected chi connectivity index (χ0v) is 9.32. The van der Waals surface area contributed by atoms with E-state index in [0.29, 0.717) is 0 Å². The molecule has 0 fully saturated rings. The molecule has 0 spiro atoms. The van der Waals surface area contributed by atoms with Crippen LogP contribution in [0.25, 0.3) is 5.52 Å². The Labute approximate surface area is 88.9 Å². The predicted molar refractivity (Wildman–Crippen MR) is 43.3 cm³/mol. The van der Waals surface area contributed by atoms with Crippen molar-refractivity contribution in [2.24, 2.45) is 7.05 Å². The SMILES string of the molecule is Cc1c2cccn2cc[n+]1C.[I-]. The van der Waals surface area contributed by atoms with Crippen LogP contribution in [0.1, 0.15) is 5.69 Å². The van der Waals surface area contributed by atoms with Gasteiger partial charge in [-0.1, -0.05) is 0 Å². The van der Waals surface area contributed by atoms with Crippen LogP contribution in [-0.4, -0.2) is 4.40 Å². The Morgan fingerprint density at radius 1 is 1.33 bits per heavy atom. The fraction of sp³-hybridized carbons (Fsp3) is 0.222. The van der Waals surface area contributed by atoms with Crippen LogP contribution < -0.4 is 28.5 Å². The maximum absolute atomic E-state index is 2.12. The van der Waals surface area contributed by atoms with Crippen LogP contribution in [0.2, 0.25) is 0 Å². The van der Waals surface area contributed by atoms with E-state index < -0.39 is 0 Å². The van der Waals surface area contributed by atoms with Crippen LogP contribution in [0.4, 0.5) is 0 Å². The average molecular weight is 274 g/mol. The molecule has 12 heavy (non-hydrogen) atoms. The van der Waals surface area contributed by atoms with Gasteiger partial charge in [-0.15, -0.1) is 0 Å². The maximum Gasteiger partial charge on any atom is 0.202 e. The second-order valence-corrected chi connectivity index (χ2v) is 2.80. The Hall–Kier alpha value is -0.580. The Bertz CT molecular complexity index is 392. The van der Waals surface area contributed by atoms with Crippen LogP contribution in [0.3, 0.4) is 0 Å². The zero-order chi connectivity index (χ0) is 7.84. The topological polar surface area (TPSA) is 8.29 Å². The number of halogens is 1. The van der Waals surface area contributed by atoms with Gasteiger partial charge in [-0.05, 0) is 12.1 Å². The highest BCUT2D eigenvalue weighted by Crippen LogP contribution is 2.04. The summed E-state index contributed by atoms with van der Waals surface area (Å²) >= 11 is 0. The lowest BCUT2D eigenvalue weighted by Gasteiger charge is -1.96. The number of hydrogen-bond donors (Lipinski definition) is 0. The standard InChI is InChI=1S/C9H11N2.HI/c1-8-9-4-3-5-11(9)7-6-10(8)2;/h3-7H,1-2H3;1H/q+1;/p-1. The lowest BCUT2D eigenvalue weighted by atomic mass is 10.4. The van der Waals surface area contributed by atoms with Crippen molar-refractivity contribution >= 4 is 5.52 Å². The number of aryl methyl sites for hydroxylation is 2. The molecule has 2 nitrogen and oxygen atoms in total. The van der Waals surface area contributed by atoms with Crippen molar-refractivity contribution in [1.29, 1.82) is 0 Å². The van der Waals surface area contributed by atoms with Crippen molar-refractivity contribution in [1.82, 2.24) is 4.40 Å². The monoisotopic (exact) mass is 274 g/mol. The number of rotatable bonds is 0. The van der Waals surface area contributed by atoms with Gasteiger partial charge >= 0.3 is 0 Å². The lowest BCUT2D eigenvalue weighted by Crippen LogP contribution is -3.00. The fourth-order valence-electron chi connectivity index (χ4n) is 1.30. The molecule has 0 bridgehead atoms. The van der Waals surface area contributed by atoms with E-state index in [9.17, 15) is 0 Å². The minimum Gasteiger partial charge on any atom is -1.00 e. The molecule has 0 amide bonds. The number of aromatic nitrogens is 2. The van der Waals surface area contributed by atoms with E-state index in [1.807, 2.05) is 0 Å². The first-order valence-electron chi connectivity index (χ1n) is 3.71. The minimum atomic E-state index is 0. The second-order valence-electron chi connectivity index (χ2n) is 2.80. The molecule has 0 saturated heterocycles. The van der Waals surface area contributed by atoms with Gasteiger partial charge in [0.05, 0.1) is 6.20 Å². The van der Waals surface area contributed by atoms with Crippen LogP contribution in [0, 0.1) is 6.92 Å². The maximum atomic E-state index is 2.12. The number of fused-ring (bicyclic) bond motifs is 1. The predicted octanol–water partition coefficient (Wildman–Crippen LogP) is -1.92. The molecule has 0 atom stereocenters. The molecule has 2 aromatic rings. The van der Waals surface area contributed by atoms with E-state index >= 15 is 0 Å². The fourth-order valence-corrected chi connectivity index (χ4v) is 1.30. The molecule has 0 saturated carbocycles. The van der Waals surface area contributed by atoms with Gasteiger partial charge in [0.1, 0.15) is 12.6 Å². The van der Waals surface area contributed by atoms with Gasteiger partial charge in [-0.25, -0.2) is 4.57 Å². The quantitative estimate of drug-likeness (QED) is 0.391. The van der Waals surface area contributed by atoms with E-state index in [1.54, 1.807) is 0 Å². The Morgan fingerprint density at radius 2 is 2.08 bits per heavy atom. The summed E-state index contributed by atoms with van der Waals surface area (Å²) in [6, 6.07) is 4.18. The van der Waals surface area contributed by atoms with Crippen LogP contribution in [0.15, 0.2) is 30.7 Å². The van der Waals surface area contributed by atoms with Gasteiger partial charge in [-0.2, -0.15) is 0 Å². The summed E-state index contributed by atoms with van der Waals surface area (Å²) in [4.78, 5) is 0. The first-order valence-corrected chi connectivity index (χ1v) is 3.71. The summed E-state index contributed by atoms with van der Waals surface area (Å²) < 4.78 is 4.24. The zero-order valence-electron chi connectivity index (χ0n) is 7.16. The molecule has 2 heterocycles. The van der Waals surface area contributed by atoms with Crippen molar-refractivity contribution < 1.29 is 28.5 Å². The van der Waals surface area contributed by atoms with Gasteiger partial charge in [0.25, 0.3) is 0 Å². The highest BCUT2D eigenvalue weighted by Gasteiger charge is 2.04. The molecule has 0 aliphatic heterocycles. The van der Waals surface area contributed by atoms with Crippen molar-refractivity contribution in [2.45, 2.75) is 6.92 Å². The van der Waals surface area contributed by atoms with Gasteiger partial charge in [-0.3, -0.25) is 0 Å². The molecular formula is C9H11IN2. The van der Waals surface area contributed by atoms with Crippen molar-refractivity contribution in [2.75, 3.05) is 0 Å². The van der Waals surface area contributed by atoms with Crippen LogP contribution in [0.5, 0.6) is 0 Å². The molecule has 64 valence electrons. The average Bonchev–Trinajstić information content (AvgIpc) is 2.45. The number of hydrogen-bond acceptors (Lipinski definition) is 0. The van der Waals surface area contributed by atoms with Crippen molar-refractivity contribution in [3.05, 3.63) is 36.4 Å². The summed E-state index contributed by atoms with van der Waals surface area (Å²) in [7, 11) is 2.06. The largest absolute Gasteiger partial charge is 1.00 e. The third kappa shape index (κ3) is 1.33. The highest BCUT2D eigenvalue weighted by molar-refractivity contribution is 5.49. The Morgan fingerprint density at radius 3 is 2.83 bits per heavy atom. The van der Waals surface area contributed by atoms with E-state index in [2.05, 4.69) is 53.7 Å². The van der Waals surface area contributed by atoms with E-state index in [4.69, 9.17) is 0 Å². The molecule has 0 N–H and O–H groups in total. The van der Waals surface area contributed by atoms with Gasteiger partial charge < -0.3 is 28.4 Å². The Kier molecular flexibility index (Phi) is 2.72. The summed E-state index contributed by atoms with van der Waals surface area (Å²) in [6.45, 7) is 2.12. The van der Waals surface area contributed by atoms with Crippen LogP contribution in [-0.2, 0) is 7.05 Å². The molecule has 3 heteroatoms. The summed E-state index contributed by atoms with van der Waals surface area (Å²) in [5.41, 5.74) is 2.56. The van der Waals surface area contributed by atoms with Gasteiger partial charge in [0.15, 0.2) is 6.20 Å². The van der Waals surface area contributed by atoms with Gasteiger partial charge in [0.2, 0.25) is 5.69 Å². The van der Waals surface area contributed by atoms with Crippen LogP contribution >= 0.6 is 0 Å². The molecule has 2 rings (SSSR count). The molecule has 0 aliphatic rings. The molecule has 2 aromatic heterocycles. The normalized spacial score (nSPS) is 9.83. The summed E-state index contributed by atoms with van der Waals surface area (Å²) in [5, 5.41) is 0. The second kappa shape index (κ2) is 3.43. The van der Waals surface area contributed by atoms with Gasteiger partial charge in [0, 0.05) is 13.1 Å². The molecule has 0 aliphatic carbocycles. The first kappa shape index (κ1) is 9.51. The van der Waals surface area contributed by atoms with Crippen molar-refractivity contribution in [3.63, 3.8) is 0 Å². The molecule has 0 unspecified atom stereocenters. The van der Waals surface area contributed by atoms with Crippen molar-refractivity contribution in [3.8, 4) is 0 Å². The van der Waals surface area contributed by atoms with E-state index in [0.717, 1.165) is 0 Å². The summed E-state index contributed by atoms with van der Waals surface area (Å²) in [6.07, 6.45) is 6.17. The third-order valence-electron chi connectivity index (χ3n) is 2.13. The van der Waals surface area contributed by atoms with E-state index in [1.165, 1.54) is 11.2 Å². The molecule has 0 aromatic carbocycles. The smallest absolute Gasteiger partial charge is 0.202 e.